The molecule has 0 spiro atoms. The highest BCUT2D eigenvalue weighted by atomic mass is 32.2. The van der Waals surface area contributed by atoms with E-state index in [0.717, 1.165) is 25.0 Å². The van der Waals surface area contributed by atoms with Crippen LogP contribution in [0.2, 0.25) is 0 Å². The molecule has 0 unspecified atom stereocenters. The summed E-state index contributed by atoms with van der Waals surface area (Å²) in [5.74, 6) is 0.965. The normalized spacial score (nSPS) is 29.2. The van der Waals surface area contributed by atoms with Gasteiger partial charge in [-0.25, -0.2) is 8.42 Å². The Bertz CT molecular complexity index is 302. The Labute approximate surface area is 78.4 Å². The Morgan fingerprint density at radius 1 is 1.31 bits per heavy atom. The van der Waals surface area contributed by atoms with Gasteiger partial charge in [0, 0.05) is 0 Å². The quantitative estimate of drug-likeness (QED) is 0.633. The van der Waals surface area contributed by atoms with Gasteiger partial charge < -0.3 is 4.79 Å². The van der Waals surface area contributed by atoms with Crippen LogP contribution in [0.25, 0.3) is 0 Å². The summed E-state index contributed by atoms with van der Waals surface area (Å²) in [4.78, 5) is 10.8. The zero-order chi connectivity index (χ0) is 9.53. The lowest BCUT2D eigenvalue weighted by molar-refractivity contribution is -0.115. The van der Waals surface area contributed by atoms with E-state index in [-0.39, 0.29) is 11.5 Å². The van der Waals surface area contributed by atoms with Crippen LogP contribution in [0.5, 0.6) is 0 Å². The zero-order valence-corrected chi connectivity index (χ0v) is 8.35. The van der Waals surface area contributed by atoms with E-state index in [1.807, 2.05) is 0 Å². The minimum Gasteiger partial charge on any atom is -0.303 e. The molecule has 2 fully saturated rings. The van der Waals surface area contributed by atoms with Crippen LogP contribution in [0.3, 0.4) is 0 Å². The van der Waals surface area contributed by atoms with E-state index >= 15 is 0 Å². The molecular weight excluding hydrogens is 188 g/mol. The lowest BCUT2D eigenvalue weighted by atomic mass is 9.87. The number of hydrogen-bond acceptors (Lipinski definition) is 3. The standard InChI is InChI=1S/C9H14O3S/c10-5-9(4-3-8-1-2-8)6-13(11,12)7-9/h5,8H,1-4,6-7H2. The van der Waals surface area contributed by atoms with Gasteiger partial charge in [-0.05, 0) is 18.8 Å². The second-order valence-corrected chi connectivity index (χ2v) is 6.56. The summed E-state index contributed by atoms with van der Waals surface area (Å²) in [7, 11) is -2.86. The molecule has 0 aromatic carbocycles. The number of carbonyl (C=O) groups excluding carboxylic acids is 1. The molecule has 1 aliphatic carbocycles. The molecule has 0 aromatic rings. The molecule has 1 saturated heterocycles. The Morgan fingerprint density at radius 3 is 2.31 bits per heavy atom. The van der Waals surface area contributed by atoms with E-state index in [1.165, 1.54) is 12.8 Å². The summed E-state index contributed by atoms with van der Waals surface area (Å²) in [5, 5.41) is 0. The van der Waals surface area contributed by atoms with Gasteiger partial charge in [-0.3, -0.25) is 0 Å². The largest absolute Gasteiger partial charge is 0.303 e. The molecule has 4 heteroatoms. The molecule has 0 radical (unpaired) electrons. The summed E-state index contributed by atoms with van der Waals surface area (Å²) < 4.78 is 21.9. The van der Waals surface area contributed by atoms with Crippen molar-refractivity contribution in [3.8, 4) is 0 Å². The fourth-order valence-corrected chi connectivity index (χ4v) is 4.10. The maximum atomic E-state index is 11.0. The molecule has 0 N–H and O–H groups in total. The maximum Gasteiger partial charge on any atom is 0.152 e. The Balaban J connectivity index is 1.90. The maximum absolute atomic E-state index is 11.0. The van der Waals surface area contributed by atoms with E-state index in [9.17, 15) is 13.2 Å². The van der Waals surface area contributed by atoms with Gasteiger partial charge in [0.05, 0.1) is 16.9 Å². The van der Waals surface area contributed by atoms with Gasteiger partial charge in [0.15, 0.2) is 9.84 Å². The van der Waals surface area contributed by atoms with Crippen molar-refractivity contribution in [1.82, 2.24) is 0 Å². The van der Waals surface area contributed by atoms with E-state index in [1.54, 1.807) is 0 Å². The second-order valence-electron chi connectivity index (χ2n) is 4.49. The van der Waals surface area contributed by atoms with Gasteiger partial charge in [0.1, 0.15) is 6.29 Å². The van der Waals surface area contributed by atoms with Gasteiger partial charge in [0.25, 0.3) is 0 Å². The summed E-state index contributed by atoms with van der Waals surface area (Å²) in [6.07, 6.45) is 5.20. The number of carbonyl (C=O) groups is 1. The molecule has 2 aliphatic rings. The molecule has 1 aliphatic heterocycles. The number of aldehydes is 1. The first-order valence-corrected chi connectivity index (χ1v) is 6.54. The van der Waals surface area contributed by atoms with Crippen molar-refractivity contribution in [2.75, 3.05) is 11.5 Å². The van der Waals surface area contributed by atoms with Crippen molar-refractivity contribution < 1.29 is 13.2 Å². The number of sulfone groups is 1. The first-order valence-electron chi connectivity index (χ1n) is 4.72. The third-order valence-electron chi connectivity index (χ3n) is 3.01. The van der Waals surface area contributed by atoms with Crippen molar-refractivity contribution in [2.45, 2.75) is 25.7 Å². The Hall–Kier alpha value is -0.380. The zero-order valence-electron chi connectivity index (χ0n) is 7.53. The monoisotopic (exact) mass is 202 g/mol. The lowest BCUT2D eigenvalue weighted by Crippen LogP contribution is -2.49. The molecular formula is C9H14O3S. The third kappa shape index (κ3) is 1.93. The summed E-state index contributed by atoms with van der Waals surface area (Å²) in [6, 6.07) is 0. The van der Waals surface area contributed by atoms with Gasteiger partial charge in [-0.15, -0.1) is 0 Å². The van der Waals surface area contributed by atoms with Crippen LogP contribution in [0.1, 0.15) is 25.7 Å². The van der Waals surface area contributed by atoms with Crippen molar-refractivity contribution >= 4 is 16.1 Å². The number of rotatable bonds is 4. The second kappa shape index (κ2) is 2.80. The van der Waals surface area contributed by atoms with E-state index < -0.39 is 15.3 Å². The van der Waals surface area contributed by atoms with Crippen LogP contribution in [0.15, 0.2) is 0 Å². The van der Waals surface area contributed by atoms with Crippen LogP contribution >= 0.6 is 0 Å². The summed E-state index contributed by atoms with van der Waals surface area (Å²) >= 11 is 0. The molecule has 0 atom stereocenters. The van der Waals surface area contributed by atoms with E-state index in [4.69, 9.17) is 0 Å². The first kappa shape index (κ1) is 9.19. The topological polar surface area (TPSA) is 51.2 Å². The molecule has 13 heavy (non-hydrogen) atoms. The summed E-state index contributed by atoms with van der Waals surface area (Å²) in [5.41, 5.74) is -0.499. The van der Waals surface area contributed by atoms with Crippen molar-refractivity contribution in [3.05, 3.63) is 0 Å². The minimum atomic E-state index is -2.86. The van der Waals surface area contributed by atoms with Crippen molar-refractivity contribution in [3.63, 3.8) is 0 Å². The van der Waals surface area contributed by atoms with Gasteiger partial charge in [-0.1, -0.05) is 12.8 Å². The average molecular weight is 202 g/mol. The van der Waals surface area contributed by atoms with Gasteiger partial charge >= 0.3 is 0 Å². The Kier molecular flexibility index (Phi) is 1.98. The van der Waals surface area contributed by atoms with Crippen molar-refractivity contribution in [1.29, 1.82) is 0 Å². The fourth-order valence-electron chi connectivity index (χ4n) is 2.00. The molecule has 3 nitrogen and oxygen atoms in total. The first-order chi connectivity index (χ1) is 6.05. The van der Waals surface area contributed by atoms with Crippen LogP contribution < -0.4 is 0 Å². The average Bonchev–Trinajstić information content (AvgIpc) is 2.79. The molecule has 1 heterocycles. The van der Waals surface area contributed by atoms with E-state index in [2.05, 4.69) is 0 Å². The highest BCUT2D eigenvalue weighted by Gasteiger charge is 2.48. The van der Waals surface area contributed by atoms with Gasteiger partial charge in [-0.2, -0.15) is 0 Å². The highest BCUT2D eigenvalue weighted by molar-refractivity contribution is 7.93. The third-order valence-corrected chi connectivity index (χ3v) is 5.04. The highest BCUT2D eigenvalue weighted by Crippen LogP contribution is 2.41. The molecule has 0 amide bonds. The SMILES string of the molecule is O=CC1(CCC2CC2)CS(=O)(=O)C1. The van der Waals surface area contributed by atoms with Crippen molar-refractivity contribution in [2.24, 2.45) is 11.3 Å². The summed E-state index contributed by atoms with van der Waals surface area (Å²) in [6.45, 7) is 0. The van der Waals surface area contributed by atoms with Crippen LogP contribution in [-0.2, 0) is 14.6 Å². The smallest absolute Gasteiger partial charge is 0.152 e. The molecule has 0 bridgehead atoms. The molecule has 0 aromatic heterocycles. The predicted octanol–water partition coefficient (Wildman–Crippen LogP) is 0.790. The van der Waals surface area contributed by atoms with Crippen LogP contribution in [0.4, 0.5) is 0 Å². The van der Waals surface area contributed by atoms with Crippen LogP contribution in [0, 0.1) is 11.3 Å². The Morgan fingerprint density at radius 2 is 1.92 bits per heavy atom. The molecule has 2 rings (SSSR count). The number of hydrogen-bond donors (Lipinski definition) is 0. The lowest BCUT2D eigenvalue weighted by Gasteiger charge is -2.36. The molecule has 1 saturated carbocycles. The predicted molar refractivity (Wildman–Crippen MR) is 49.1 cm³/mol. The van der Waals surface area contributed by atoms with Gasteiger partial charge in [0.2, 0.25) is 0 Å². The fraction of sp³-hybridized carbons (Fsp3) is 0.889. The van der Waals surface area contributed by atoms with Crippen LogP contribution in [-0.4, -0.2) is 26.2 Å². The van der Waals surface area contributed by atoms with E-state index in [0.29, 0.717) is 0 Å². The minimum absolute atomic E-state index is 0.0935. The molecule has 74 valence electrons.